The van der Waals surface area contributed by atoms with Crippen LogP contribution in [-0.2, 0) is 10.3 Å². The molecule has 24 heavy (non-hydrogen) atoms. The van der Waals surface area contributed by atoms with Crippen molar-refractivity contribution in [1.29, 1.82) is 0 Å². The predicted molar refractivity (Wildman–Crippen MR) is 97.9 cm³/mol. The summed E-state index contributed by atoms with van der Waals surface area (Å²) in [5.74, 6) is 1.53. The van der Waals surface area contributed by atoms with E-state index in [4.69, 9.17) is 10.5 Å². The van der Waals surface area contributed by atoms with Gasteiger partial charge in [-0.3, -0.25) is 4.79 Å². The first-order chi connectivity index (χ1) is 11.3. The topological polar surface area (TPSA) is 64.3 Å². The van der Waals surface area contributed by atoms with Crippen molar-refractivity contribution in [2.24, 2.45) is 17.6 Å². The Bertz CT molecular complexity index is 537. The van der Waals surface area contributed by atoms with Crippen molar-refractivity contribution in [3.05, 3.63) is 29.8 Å². The predicted octanol–water partition coefficient (Wildman–Crippen LogP) is 3.59. The molecule has 4 heteroatoms. The number of carbonyl (C=O) groups excluding carboxylic acids is 1. The van der Waals surface area contributed by atoms with Crippen LogP contribution >= 0.6 is 0 Å². The van der Waals surface area contributed by atoms with Gasteiger partial charge in [-0.15, -0.1) is 0 Å². The molecule has 0 aliphatic heterocycles. The molecule has 2 rings (SSSR count). The van der Waals surface area contributed by atoms with Gasteiger partial charge in [0.05, 0.1) is 12.1 Å². The zero-order valence-corrected chi connectivity index (χ0v) is 15.5. The fraction of sp³-hybridized carbons (Fsp3) is 0.650. The lowest BCUT2D eigenvalue weighted by atomic mass is 9.84. The van der Waals surface area contributed by atoms with Gasteiger partial charge in [0.25, 0.3) is 0 Å². The molecule has 1 fully saturated rings. The molecule has 1 amide bonds. The summed E-state index contributed by atoms with van der Waals surface area (Å²) in [4.78, 5) is 12.6. The van der Waals surface area contributed by atoms with Crippen LogP contribution in [0.3, 0.4) is 0 Å². The minimum Gasteiger partial charge on any atom is -0.493 e. The summed E-state index contributed by atoms with van der Waals surface area (Å²) in [6.45, 7) is 9.05. The average Bonchev–Trinajstić information content (AvgIpc) is 2.53. The largest absolute Gasteiger partial charge is 0.493 e. The number of amides is 1. The van der Waals surface area contributed by atoms with E-state index in [2.05, 4.69) is 19.2 Å². The van der Waals surface area contributed by atoms with Crippen LogP contribution in [0.15, 0.2) is 24.3 Å². The molecule has 1 aromatic rings. The number of rotatable bonds is 6. The minimum absolute atomic E-state index is 0.0432. The van der Waals surface area contributed by atoms with Gasteiger partial charge in [0.2, 0.25) is 5.91 Å². The van der Waals surface area contributed by atoms with Gasteiger partial charge in [-0.25, -0.2) is 0 Å². The molecule has 0 spiro atoms. The number of nitrogens with two attached hydrogens (primary N) is 1. The lowest BCUT2D eigenvalue weighted by Crippen LogP contribution is -2.46. The number of hydrogen-bond donors (Lipinski definition) is 2. The van der Waals surface area contributed by atoms with Crippen LogP contribution in [0.4, 0.5) is 0 Å². The van der Waals surface area contributed by atoms with Crippen LogP contribution < -0.4 is 15.8 Å². The molecule has 1 saturated carbocycles. The Morgan fingerprint density at radius 3 is 2.54 bits per heavy atom. The lowest BCUT2D eigenvalue weighted by Gasteiger charge is -2.32. The molecular formula is C20H32N2O2. The highest BCUT2D eigenvalue weighted by atomic mass is 16.5. The molecule has 2 atom stereocenters. The van der Waals surface area contributed by atoms with Crippen LogP contribution in [0.5, 0.6) is 5.75 Å². The standard InChI is InChI=1S/C20H32N2O2/c1-14(2)13-24-18-10-8-16(9-11-18)20(3,4)22-19(23)15-6-5-7-17(21)12-15/h8-11,14-15,17H,5-7,12-13,21H2,1-4H3,(H,22,23). The Kier molecular flexibility index (Phi) is 6.27. The third-order valence-electron chi connectivity index (χ3n) is 4.68. The van der Waals surface area contributed by atoms with Crippen LogP contribution in [0.25, 0.3) is 0 Å². The van der Waals surface area contributed by atoms with E-state index >= 15 is 0 Å². The SMILES string of the molecule is CC(C)COc1ccc(C(C)(C)NC(=O)C2CCCC(N)C2)cc1. The zero-order chi connectivity index (χ0) is 17.7. The Labute approximate surface area is 146 Å². The highest BCUT2D eigenvalue weighted by Crippen LogP contribution is 2.27. The molecule has 1 aliphatic rings. The van der Waals surface area contributed by atoms with Crippen molar-refractivity contribution in [1.82, 2.24) is 5.32 Å². The maximum Gasteiger partial charge on any atom is 0.223 e. The summed E-state index contributed by atoms with van der Waals surface area (Å²) in [6, 6.07) is 8.17. The molecule has 0 heterocycles. The number of ether oxygens (including phenoxy) is 1. The maximum atomic E-state index is 12.6. The van der Waals surface area contributed by atoms with E-state index in [0.717, 1.165) is 37.0 Å². The monoisotopic (exact) mass is 332 g/mol. The van der Waals surface area contributed by atoms with Crippen molar-refractivity contribution in [3.63, 3.8) is 0 Å². The van der Waals surface area contributed by atoms with Crippen molar-refractivity contribution in [2.45, 2.75) is 65.0 Å². The first-order valence-corrected chi connectivity index (χ1v) is 9.09. The Morgan fingerprint density at radius 1 is 1.29 bits per heavy atom. The zero-order valence-electron chi connectivity index (χ0n) is 15.5. The van der Waals surface area contributed by atoms with E-state index in [9.17, 15) is 4.79 Å². The second-order valence-corrected chi connectivity index (χ2v) is 7.97. The van der Waals surface area contributed by atoms with Gasteiger partial charge in [-0.2, -0.15) is 0 Å². The first kappa shape index (κ1) is 18.8. The summed E-state index contributed by atoms with van der Waals surface area (Å²) in [6.07, 6.45) is 3.81. The van der Waals surface area contributed by atoms with Gasteiger partial charge in [0, 0.05) is 12.0 Å². The molecule has 1 aliphatic carbocycles. The third-order valence-corrected chi connectivity index (χ3v) is 4.68. The normalized spacial score (nSPS) is 21.6. The van der Waals surface area contributed by atoms with E-state index in [-0.39, 0.29) is 17.9 Å². The summed E-state index contributed by atoms with van der Waals surface area (Å²) in [5, 5.41) is 3.20. The molecule has 0 saturated heterocycles. The Morgan fingerprint density at radius 2 is 1.96 bits per heavy atom. The molecule has 0 bridgehead atoms. The van der Waals surface area contributed by atoms with Crippen molar-refractivity contribution < 1.29 is 9.53 Å². The fourth-order valence-electron chi connectivity index (χ4n) is 3.18. The van der Waals surface area contributed by atoms with Gasteiger partial charge >= 0.3 is 0 Å². The number of hydrogen-bond acceptors (Lipinski definition) is 3. The fourth-order valence-corrected chi connectivity index (χ4v) is 3.18. The third kappa shape index (κ3) is 5.23. The van der Waals surface area contributed by atoms with E-state index in [1.165, 1.54) is 0 Å². The van der Waals surface area contributed by atoms with Crippen LogP contribution in [0.1, 0.15) is 58.9 Å². The Balaban J connectivity index is 1.97. The van der Waals surface area contributed by atoms with E-state index in [1.54, 1.807) is 0 Å². The van der Waals surface area contributed by atoms with Crippen LogP contribution in [0.2, 0.25) is 0 Å². The number of benzene rings is 1. The van der Waals surface area contributed by atoms with Gasteiger partial charge in [0.15, 0.2) is 0 Å². The van der Waals surface area contributed by atoms with Crippen LogP contribution in [-0.4, -0.2) is 18.6 Å². The Hall–Kier alpha value is -1.55. The highest BCUT2D eigenvalue weighted by Gasteiger charge is 2.30. The first-order valence-electron chi connectivity index (χ1n) is 9.09. The molecule has 134 valence electrons. The molecule has 3 N–H and O–H groups in total. The van der Waals surface area contributed by atoms with Gasteiger partial charge in [-0.05, 0) is 56.7 Å². The second kappa shape index (κ2) is 8.02. The smallest absolute Gasteiger partial charge is 0.223 e. The molecule has 0 aromatic heterocycles. The van der Waals surface area contributed by atoms with Crippen molar-refractivity contribution in [2.75, 3.05) is 6.61 Å². The molecule has 4 nitrogen and oxygen atoms in total. The molecule has 0 radical (unpaired) electrons. The van der Waals surface area contributed by atoms with Gasteiger partial charge in [-0.1, -0.05) is 32.4 Å². The minimum atomic E-state index is -0.408. The number of nitrogens with one attached hydrogen (secondary N) is 1. The summed E-state index contributed by atoms with van der Waals surface area (Å²) >= 11 is 0. The summed E-state index contributed by atoms with van der Waals surface area (Å²) in [5.41, 5.74) is 6.68. The van der Waals surface area contributed by atoms with E-state index in [1.807, 2.05) is 38.1 Å². The van der Waals surface area contributed by atoms with Crippen molar-refractivity contribution in [3.8, 4) is 5.75 Å². The second-order valence-electron chi connectivity index (χ2n) is 7.97. The average molecular weight is 332 g/mol. The number of carbonyl (C=O) groups is 1. The maximum absolute atomic E-state index is 12.6. The van der Waals surface area contributed by atoms with Gasteiger partial charge in [0.1, 0.15) is 5.75 Å². The summed E-state index contributed by atoms with van der Waals surface area (Å²) in [7, 11) is 0. The van der Waals surface area contributed by atoms with Crippen molar-refractivity contribution >= 4 is 5.91 Å². The van der Waals surface area contributed by atoms with E-state index in [0.29, 0.717) is 12.5 Å². The van der Waals surface area contributed by atoms with Gasteiger partial charge < -0.3 is 15.8 Å². The highest BCUT2D eigenvalue weighted by molar-refractivity contribution is 5.79. The summed E-state index contributed by atoms with van der Waals surface area (Å²) < 4.78 is 5.72. The lowest BCUT2D eigenvalue weighted by molar-refractivity contribution is -0.127. The quantitative estimate of drug-likeness (QED) is 0.837. The molecular weight excluding hydrogens is 300 g/mol. The molecule has 2 unspecified atom stereocenters. The van der Waals surface area contributed by atoms with E-state index < -0.39 is 5.54 Å². The van der Waals surface area contributed by atoms with Crippen LogP contribution in [0, 0.1) is 11.8 Å². The molecule has 1 aromatic carbocycles.